The van der Waals surface area contributed by atoms with Gasteiger partial charge in [-0.05, 0) is 56.7 Å². The zero-order valence-electron chi connectivity index (χ0n) is 18.2. The van der Waals surface area contributed by atoms with Gasteiger partial charge in [-0.3, -0.25) is 24.6 Å². The number of hydrogen-bond acceptors (Lipinski definition) is 7. The summed E-state index contributed by atoms with van der Waals surface area (Å²) < 4.78 is 23.8. The Kier molecular flexibility index (Phi) is 6.61. The number of nitro groups is 1. The van der Waals surface area contributed by atoms with Crippen LogP contribution in [0.25, 0.3) is 0 Å². The Morgan fingerprint density at radius 2 is 1.97 bits per heavy atom. The van der Waals surface area contributed by atoms with Crippen molar-refractivity contribution in [2.45, 2.75) is 32.8 Å². The van der Waals surface area contributed by atoms with Crippen LogP contribution >= 0.6 is 0 Å². The molecule has 0 unspecified atom stereocenters. The lowest BCUT2D eigenvalue weighted by Gasteiger charge is -2.20. The molecule has 1 heterocycles. The molecule has 33 heavy (non-hydrogen) atoms. The van der Waals surface area contributed by atoms with Gasteiger partial charge in [-0.2, -0.15) is 0 Å². The number of cyclic esters (lactones) is 1. The molecular formula is C22H22FN3O7. The summed E-state index contributed by atoms with van der Waals surface area (Å²) in [5.41, 5.74) is -0.909. The number of carbonyl (C=O) groups is 3. The van der Waals surface area contributed by atoms with Gasteiger partial charge in [0.2, 0.25) is 0 Å². The summed E-state index contributed by atoms with van der Waals surface area (Å²) in [6.45, 7) is 5.32. The molecule has 3 rings (SSSR count). The molecule has 1 aliphatic rings. The summed E-state index contributed by atoms with van der Waals surface area (Å²) in [6.07, 6.45) is -1.01. The van der Waals surface area contributed by atoms with Gasteiger partial charge in [0.05, 0.1) is 17.9 Å². The number of hydrogen-bond donors (Lipinski definition) is 1. The van der Waals surface area contributed by atoms with E-state index in [-0.39, 0.29) is 42.1 Å². The molecule has 174 valence electrons. The first kappa shape index (κ1) is 23.6. The van der Waals surface area contributed by atoms with Crippen LogP contribution in [0.5, 0.6) is 0 Å². The number of nitrogens with one attached hydrogen (secondary N) is 1. The monoisotopic (exact) mass is 459 g/mol. The second-order valence-corrected chi connectivity index (χ2v) is 8.25. The lowest BCUT2D eigenvalue weighted by molar-refractivity contribution is -0.384. The highest BCUT2D eigenvalue weighted by Gasteiger charge is 2.30. The van der Waals surface area contributed by atoms with Crippen molar-refractivity contribution in [1.29, 1.82) is 0 Å². The second-order valence-electron chi connectivity index (χ2n) is 8.25. The van der Waals surface area contributed by atoms with Crippen LogP contribution in [0.4, 0.5) is 26.2 Å². The van der Waals surface area contributed by atoms with Crippen molar-refractivity contribution in [3.8, 4) is 0 Å². The van der Waals surface area contributed by atoms with Gasteiger partial charge in [0.15, 0.2) is 0 Å². The molecule has 2 aromatic rings. The fourth-order valence-electron chi connectivity index (χ4n) is 3.21. The van der Waals surface area contributed by atoms with Gasteiger partial charge in [0.25, 0.3) is 11.6 Å². The van der Waals surface area contributed by atoms with Crippen LogP contribution in [0.3, 0.4) is 0 Å². The smallest absolute Gasteiger partial charge is 0.414 e. The van der Waals surface area contributed by atoms with E-state index in [1.54, 1.807) is 20.8 Å². The van der Waals surface area contributed by atoms with E-state index in [9.17, 15) is 28.9 Å². The number of nitro benzene ring substituents is 1. The van der Waals surface area contributed by atoms with Crippen molar-refractivity contribution in [3.63, 3.8) is 0 Å². The number of rotatable bonds is 6. The summed E-state index contributed by atoms with van der Waals surface area (Å²) in [6, 6.07) is 7.14. The van der Waals surface area contributed by atoms with Gasteiger partial charge < -0.3 is 14.8 Å². The molecule has 0 aliphatic carbocycles. The molecule has 0 spiro atoms. The van der Waals surface area contributed by atoms with Gasteiger partial charge in [-0.25, -0.2) is 9.18 Å². The largest absolute Gasteiger partial charge is 0.460 e. The van der Waals surface area contributed by atoms with Crippen LogP contribution in [0.1, 0.15) is 36.7 Å². The van der Waals surface area contributed by atoms with Crippen molar-refractivity contribution < 1.29 is 33.2 Å². The quantitative estimate of drug-likeness (QED) is 0.395. The first-order chi connectivity index (χ1) is 15.4. The lowest BCUT2D eigenvalue weighted by Crippen LogP contribution is -2.25. The molecule has 0 aromatic heterocycles. The third-order valence-electron chi connectivity index (χ3n) is 4.56. The molecule has 0 saturated carbocycles. The minimum Gasteiger partial charge on any atom is -0.460 e. The molecule has 1 N–H and O–H groups in total. The molecule has 10 nitrogen and oxygen atoms in total. The number of nitrogens with zero attached hydrogens (tertiary/aromatic N) is 2. The molecule has 0 radical (unpaired) electrons. The maximum Gasteiger partial charge on any atom is 0.414 e. The van der Waals surface area contributed by atoms with Gasteiger partial charge in [0.1, 0.15) is 23.7 Å². The summed E-state index contributed by atoms with van der Waals surface area (Å²) in [5, 5.41) is 14.1. The van der Waals surface area contributed by atoms with Crippen molar-refractivity contribution in [1.82, 2.24) is 0 Å². The third kappa shape index (κ3) is 5.82. The van der Waals surface area contributed by atoms with E-state index in [0.717, 1.165) is 23.1 Å². The van der Waals surface area contributed by atoms with Crippen molar-refractivity contribution >= 4 is 35.0 Å². The van der Waals surface area contributed by atoms with Crippen molar-refractivity contribution in [3.05, 3.63) is 63.5 Å². The number of benzene rings is 2. The Morgan fingerprint density at radius 1 is 1.24 bits per heavy atom. The minimum atomic E-state index is -0.740. The molecule has 1 fully saturated rings. The van der Waals surface area contributed by atoms with Crippen LogP contribution < -0.4 is 10.2 Å². The minimum absolute atomic E-state index is 0.00597. The predicted octanol–water partition coefficient (Wildman–Crippen LogP) is 3.83. The van der Waals surface area contributed by atoms with Crippen molar-refractivity contribution in [2.75, 3.05) is 23.4 Å². The van der Waals surface area contributed by atoms with Crippen LogP contribution in [0, 0.1) is 15.9 Å². The van der Waals surface area contributed by atoms with E-state index in [4.69, 9.17) is 9.47 Å². The number of esters is 1. The summed E-state index contributed by atoms with van der Waals surface area (Å²) in [7, 11) is 0. The Hall–Kier alpha value is -4.02. The number of amides is 2. The number of anilines is 2. The molecule has 2 aromatic carbocycles. The Balaban J connectivity index is 1.85. The topological polar surface area (TPSA) is 128 Å². The first-order valence-electron chi connectivity index (χ1n) is 9.99. The molecule has 0 atom stereocenters. The predicted molar refractivity (Wildman–Crippen MR) is 116 cm³/mol. The van der Waals surface area contributed by atoms with E-state index in [1.165, 1.54) is 18.2 Å². The molecule has 2 amide bonds. The van der Waals surface area contributed by atoms with E-state index in [2.05, 4.69) is 5.32 Å². The normalized spacial score (nSPS) is 13.5. The summed E-state index contributed by atoms with van der Waals surface area (Å²) in [4.78, 5) is 48.7. The zero-order chi connectivity index (χ0) is 24.3. The highest BCUT2D eigenvalue weighted by atomic mass is 19.1. The average molecular weight is 459 g/mol. The SMILES string of the molecule is CC(C)(C)OC(=O)Cc1cc(F)ccc1NC(=O)c1ccc(N2CCOC2=O)c([N+](=O)[O-])c1. The van der Waals surface area contributed by atoms with E-state index in [0.29, 0.717) is 0 Å². The standard InChI is InChI=1S/C22H22FN3O7/c1-22(2,3)33-19(27)12-14-10-15(23)5-6-16(14)24-20(28)13-4-7-17(18(11-13)26(30)31)25-8-9-32-21(25)29/h4-7,10-11H,8-9,12H2,1-3H3,(H,24,28). The third-order valence-corrected chi connectivity index (χ3v) is 4.56. The lowest BCUT2D eigenvalue weighted by atomic mass is 10.1. The van der Waals surface area contributed by atoms with Gasteiger partial charge in [0, 0.05) is 17.3 Å². The molecule has 1 saturated heterocycles. The fourth-order valence-corrected chi connectivity index (χ4v) is 3.21. The van der Waals surface area contributed by atoms with Crippen LogP contribution in [0.2, 0.25) is 0 Å². The highest BCUT2D eigenvalue weighted by Crippen LogP contribution is 2.31. The van der Waals surface area contributed by atoms with Gasteiger partial charge >= 0.3 is 12.1 Å². The zero-order valence-corrected chi connectivity index (χ0v) is 18.2. The molecule has 0 bridgehead atoms. The van der Waals surface area contributed by atoms with Crippen LogP contribution in [0.15, 0.2) is 36.4 Å². The van der Waals surface area contributed by atoms with E-state index < -0.39 is 40.0 Å². The van der Waals surface area contributed by atoms with E-state index in [1.807, 2.05) is 0 Å². The Labute approximate surface area is 188 Å². The van der Waals surface area contributed by atoms with Crippen molar-refractivity contribution in [2.24, 2.45) is 0 Å². The van der Waals surface area contributed by atoms with Gasteiger partial charge in [-0.15, -0.1) is 0 Å². The summed E-state index contributed by atoms with van der Waals surface area (Å²) in [5.74, 6) is -1.93. The average Bonchev–Trinajstić information content (AvgIpc) is 3.13. The van der Waals surface area contributed by atoms with E-state index >= 15 is 0 Å². The van der Waals surface area contributed by atoms with Gasteiger partial charge in [-0.1, -0.05) is 0 Å². The highest BCUT2D eigenvalue weighted by molar-refractivity contribution is 6.06. The maximum absolute atomic E-state index is 13.8. The number of ether oxygens (including phenoxy) is 2. The Morgan fingerprint density at radius 3 is 2.58 bits per heavy atom. The summed E-state index contributed by atoms with van der Waals surface area (Å²) >= 11 is 0. The second kappa shape index (κ2) is 9.23. The maximum atomic E-state index is 13.8. The fraction of sp³-hybridized carbons (Fsp3) is 0.318. The Bertz CT molecular complexity index is 1130. The molecule has 1 aliphatic heterocycles. The molecular weight excluding hydrogens is 437 g/mol. The number of halogens is 1. The number of carbonyl (C=O) groups excluding carboxylic acids is 3. The first-order valence-corrected chi connectivity index (χ1v) is 9.99. The molecule has 11 heteroatoms. The van der Waals surface area contributed by atoms with Crippen LogP contribution in [-0.2, 0) is 20.7 Å². The van der Waals surface area contributed by atoms with Crippen LogP contribution in [-0.4, -0.2) is 41.6 Å².